The lowest BCUT2D eigenvalue weighted by atomic mass is 9.79. The Morgan fingerprint density at radius 1 is 1.12 bits per heavy atom. The summed E-state index contributed by atoms with van der Waals surface area (Å²) in [5.41, 5.74) is 1.82. The van der Waals surface area contributed by atoms with E-state index in [1.54, 1.807) is 12.1 Å². The number of hydrogen-bond acceptors (Lipinski definition) is 1. The average molecular weight is 219 g/mol. The molecule has 0 spiro atoms. The van der Waals surface area contributed by atoms with Gasteiger partial charge in [-0.3, -0.25) is 0 Å². The Balaban J connectivity index is 2.07. The van der Waals surface area contributed by atoms with Crippen LogP contribution in [0.1, 0.15) is 54.4 Å². The quantitative estimate of drug-likeness (QED) is 0.705. The highest BCUT2D eigenvalue weighted by Crippen LogP contribution is 2.35. The third-order valence-corrected chi connectivity index (χ3v) is 3.66. The summed E-state index contributed by atoms with van der Waals surface area (Å²) in [6, 6.07) is 7.59. The van der Waals surface area contributed by atoms with Crippen molar-refractivity contribution in [1.82, 2.24) is 0 Å². The van der Waals surface area contributed by atoms with Crippen LogP contribution in [0.4, 0.5) is 0 Å². The fourth-order valence-corrected chi connectivity index (χ4v) is 2.50. The van der Waals surface area contributed by atoms with Crippen LogP contribution < -0.4 is 0 Å². The van der Waals surface area contributed by atoms with Crippen molar-refractivity contribution in [2.24, 2.45) is 5.92 Å². The van der Waals surface area contributed by atoms with Crippen molar-refractivity contribution in [2.45, 2.75) is 38.5 Å². The van der Waals surface area contributed by atoms with Crippen LogP contribution in [0.2, 0.25) is 0 Å². The molecule has 2 rings (SSSR count). The first-order chi connectivity index (χ1) is 7.66. The van der Waals surface area contributed by atoms with E-state index in [-0.39, 0.29) is 0 Å². The summed E-state index contributed by atoms with van der Waals surface area (Å²) in [6.07, 6.45) is 5.14. The fraction of sp³-hybridized carbons (Fsp3) is 0.500. The number of hydrogen-bond donors (Lipinski definition) is 0. The van der Waals surface area contributed by atoms with E-state index in [9.17, 15) is 4.79 Å². The van der Waals surface area contributed by atoms with Crippen molar-refractivity contribution in [3.8, 4) is 0 Å². The lowest BCUT2D eigenvalue weighted by Gasteiger charge is -2.26. The molecule has 16 heavy (non-hydrogen) atoms. The zero-order valence-corrected chi connectivity index (χ0v) is 9.70. The molecule has 0 atom stereocenters. The molecular formula is C14H19O2+. The van der Waals surface area contributed by atoms with Gasteiger partial charge >= 0.3 is 5.97 Å². The van der Waals surface area contributed by atoms with Crippen molar-refractivity contribution >= 4 is 5.97 Å². The molecule has 0 aliphatic heterocycles. The number of carbonyl (C=O) groups excluding carboxylic acids is 1. The topological polar surface area (TPSA) is 40.0 Å². The van der Waals surface area contributed by atoms with Crippen LogP contribution in [0, 0.1) is 5.92 Å². The second-order valence-electron chi connectivity index (χ2n) is 4.91. The second kappa shape index (κ2) is 4.69. The van der Waals surface area contributed by atoms with E-state index in [1.807, 2.05) is 12.1 Å². The average Bonchev–Trinajstić information content (AvgIpc) is 2.30. The molecule has 1 aromatic carbocycles. The molecule has 2 N–H and O–H groups in total. The fourth-order valence-electron chi connectivity index (χ4n) is 2.50. The van der Waals surface area contributed by atoms with Gasteiger partial charge in [-0.15, -0.1) is 0 Å². The summed E-state index contributed by atoms with van der Waals surface area (Å²) in [5.74, 6) is 0.931. The SMILES string of the molecule is CC1CCC(c2ccc(C(=O)[OH2+])cc2)CC1. The van der Waals surface area contributed by atoms with Crippen LogP contribution >= 0.6 is 0 Å². The second-order valence-corrected chi connectivity index (χ2v) is 4.91. The van der Waals surface area contributed by atoms with E-state index in [2.05, 4.69) is 6.92 Å². The molecule has 1 aliphatic rings. The highest BCUT2D eigenvalue weighted by molar-refractivity contribution is 5.87. The largest absolute Gasteiger partial charge is 0.561 e. The third-order valence-electron chi connectivity index (χ3n) is 3.66. The summed E-state index contributed by atoms with van der Waals surface area (Å²) >= 11 is 0. The van der Waals surface area contributed by atoms with Gasteiger partial charge in [0.05, 0.1) is 0 Å². The minimum atomic E-state index is -0.594. The maximum atomic E-state index is 10.8. The van der Waals surface area contributed by atoms with Gasteiger partial charge in [0, 0.05) is 4.79 Å². The minimum absolute atomic E-state index is 0.493. The number of rotatable bonds is 2. The molecule has 0 heterocycles. The predicted octanol–water partition coefficient (Wildman–Crippen LogP) is 2.85. The summed E-state index contributed by atoms with van der Waals surface area (Å²) in [7, 11) is 0. The number of carbonyl (C=O) groups is 1. The van der Waals surface area contributed by atoms with Gasteiger partial charge in [-0.1, -0.05) is 31.9 Å². The Morgan fingerprint density at radius 2 is 1.69 bits per heavy atom. The molecule has 1 aliphatic carbocycles. The molecule has 0 aromatic heterocycles. The van der Waals surface area contributed by atoms with Crippen LogP contribution in [0.25, 0.3) is 0 Å². The van der Waals surface area contributed by atoms with Gasteiger partial charge in [-0.25, -0.2) is 0 Å². The zero-order valence-electron chi connectivity index (χ0n) is 9.70. The van der Waals surface area contributed by atoms with E-state index < -0.39 is 5.97 Å². The zero-order chi connectivity index (χ0) is 11.5. The molecule has 0 unspecified atom stereocenters. The van der Waals surface area contributed by atoms with Crippen LogP contribution in [-0.2, 0) is 0 Å². The monoisotopic (exact) mass is 219 g/mol. The first kappa shape index (κ1) is 11.2. The van der Waals surface area contributed by atoms with E-state index in [4.69, 9.17) is 5.11 Å². The molecule has 1 fully saturated rings. The molecule has 0 bridgehead atoms. The van der Waals surface area contributed by atoms with Crippen LogP contribution in [0.3, 0.4) is 0 Å². The highest BCUT2D eigenvalue weighted by atomic mass is 16.4. The van der Waals surface area contributed by atoms with Crippen molar-refractivity contribution in [3.63, 3.8) is 0 Å². The van der Waals surface area contributed by atoms with Crippen LogP contribution in [0.5, 0.6) is 0 Å². The van der Waals surface area contributed by atoms with E-state index in [1.165, 1.54) is 31.2 Å². The summed E-state index contributed by atoms with van der Waals surface area (Å²) in [4.78, 5) is 10.8. The smallest absolute Gasteiger partial charge is 0.549 e. The Hall–Kier alpha value is -1.31. The lowest BCUT2D eigenvalue weighted by molar-refractivity contribution is 0.0697. The van der Waals surface area contributed by atoms with Crippen LogP contribution in [0.15, 0.2) is 24.3 Å². The maximum absolute atomic E-state index is 10.8. The first-order valence-electron chi connectivity index (χ1n) is 6.02. The van der Waals surface area contributed by atoms with Crippen molar-refractivity contribution in [2.75, 3.05) is 0 Å². The van der Waals surface area contributed by atoms with Gasteiger partial charge in [0.1, 0.15) is 5.56 Å². The van der Waals surface area contributed by atoms with Crippen LogP contribution in [-0.4, -0.2) is 11.1 Å². The Bertz CT molecular complexity index is 359. The standard InChI is InChI=1S/C14H18O2/c1-10-2-4-11(5-3-10)12-6-8-13(9-7-12)14(15)16/h6-11H,2-5H2,1H3,(H,15,16)/p+1. The van der Waals surface area contributed by atoms with Crippen molar-refractivity contribution in [3.05, 3.63) is 35.4 Å². The van der Waals surface area contributed by atoms with E-state index >= 15 is 0 Å². The molecule has 2 nitrogen and oxygen atoms in total. The normalized spacial score (nSPS) is 25.3. The highest BCUT2D eigenvalue weighted by Gasteiger charge is 2.20. The molecule has 2 heteroatoms. The molecule has 0 saturated heterocycles. The summed E-state index contributed by atoms with van der Waals surface area (Å²) in [5, 5.41) is 7.02. The van der Waals surface area contributed by atoms with Gasteiger partial charge in [0.2, 0.25) is 0 Å². The Labute approximate surface area is 96.3 Å². The van der Waals surface area contributed by atoms with E-state index in [0.717, 1.165) is 5.92 Å². The third kappa shape index (κ3) is 2.43. The Morgan fingerprint density at radius 3 is 2.19 bits per heavy atom. The van der Waals surface area contributed by atoms with Crippen molar-refractivity contribution < 1.29 is 9.90 Å². The molecule has 86 valence electrons. The summed E-state index contributed by atoms with van der Waals surface area (Å²) in [6.45, 7) is 2.32. The summed E-state index contributed by atoms with van der Waals surface area (Å²) < 4.78 is 0. The molecule has 0 amide bonds. The number of benzene rings is 1. The molecule has 0 radical (unpaired) electrons. The molecular weight excluding hydrogens is 200 g/mol. The lowest BCUT2D eigenvalue weighted by Crippen LogP contribution is -2.10. The van der Waals surface area contributed by atoms with Gasteiger partial charge < -0.3 is 5.11 Å². The minimum Gasteiger partial charge on any atom is -0.561 e. The molecule has 1 saturated carbocycles. The van der Waals surface area contributed by atoms with Gasteiger partial charge in [-0.2, -0.15) is 0 Å². The van der Waals surface area contributed by atoms with E-state index in [0.29, 0.717) is 11.5 Å². The maximum Gasteiger partial charge on any atom is 0.549 e. The first-order valence-corrected chi connectivity index (χ1v) is 6.02. The Kier molecular flexibility index (Phi) is 3.28. The molecule has 1 aromatic rings. The van der Waals surface area contributed by atoms with Gasteiger partial charge in [0.25, 0.3) is 0 Å². The van der Waals surface area contributed by atoms with Gasteiger partial charge in [0.15, 0.2) is 0 Å². The predicted molar refractivity (Wildman–Crippen MR) is 64.8 cm³/mol. The van der Waals surface area contributed by atoms with Crippen molar-refractivity contribution in [1.29, 1.82) is 0 Å². The van der Waals surface area contributed by atoms with Gasteiger partial charge in [-0.05, 0) is 42.4 Å².